The Morgan fingerprint density at radius 1 is 1.39 bits per heavy atom. The maximum atomic E-state index is 12.3. The number of amides is 2. The molecule has 0 saturated carbocycles. The quantitative estimate of drug-likeness (QED) is 0.608. The van der Waals surface area contributed by atoms with Gasteiger partial charge in [-0.05, 0) is 43.3 Å². The monoisotopic (exact) mass is 338 g/mol. The van der Waals surface area contributed by atoms with E-state index in [1.807, 2.05) is 0 Å². The van der Waals surface area contributed by atoms with E-state index in [0.29, 0.717) is 21.5 Å². The second-order valence-electron chi connectivity index (χ2n) is 4.59. The molecule has 0 spiro atoms. The summed E-state index contributed by atoms with van der Waals surface area (Å²) < 4.78 is 23.3. The van der Waals surface area contributed by atoms with Gasteiger partial charge in [0.2, 0.25) is 0 Å². The Kier molecular flexibility index (Phi) is 5.67. The van der Waals surface area contributed by atoms with Crippen molar-refractivity contribution in [2.45, 2.75) is 17.9 Å². The maximum absolute atomic E-state index is 12.3. The van der Waals surface area contributed by atoms with Crippen molar-refractivity contribution in [1.29, 1.82) is 0 Å². The minimum absolute atomic E-state index is 0.156. The van der Waals surface area contributed by atoms with Crippen molar-refractivity contribution in [1.82, 2.24) is 5.06 Å². The number of carbonyl (C=O) groups excluding carboxylic acids is 1. The molecule has 1 aromatic carbocycles. The molecular weight excluding hydrogens is 323 g/mol. The Balaban J connectivity index is 1.98. The van der Waals surface area contributed by atoms with E-state index >= 15 is 0 Å². The van der Waals surface area contributed by atoms with Gasteiger partial charge in [0.25, 0.3) is 5.95 Å². The maximum Gasteiger partial charge on any atom is 0.339 e. The molecular formula is C15H15FN2O4S. The first kappa shape index (κ1) is 16.9. The summed E-state index contributed by atoms with van der Waals surface area (Å²) in [6.07, 6.45) is 3.12. The highest BCUT2D eigenvalue weighted by molar-refractivity contribution is 7.94. The molecule has 23 heavy (non-hydrogen) atoms. The van der Waals surface area contributed by atoms with Crippen LogP contribution in [-0.2, 0) is 0 Å². The first-order chi connectivity index (χ1) is 11.0. The van der Waals surface area contributed by atoms with Crippen LogP contribution in [0, 0.1) is 0 Å². The highest BCUT2D eigenvalue weighted by Crippen LogP contribution is 2.27. The molecule has 122 valence electrons. The second-order valence-corrected chi connectivity index (χ2v) is 5.22. The van der Waals surface area contributed by atoms with Crippen LogP contribution >= 0.6 is 12.1 Å². The van der Waals surface area contributed by atoms with E-state index in [0.717, 1.165) is 0 Å². The van der Waals surface area contributed by atoms with Gasteiger partial charge in [0.1, 0.15) is 11.5 Å². The van der Waals surface area contributed by atoms with E-state index in [1.165, 1.54) is 0 Å². The number of urea groups is 1. The molecule has 0 aliphatic carbocycles. The molecule has 0 radical (unpaired) electrons. The van der Waals surface area contributed by atoms with Crippen LogP contribution in [0.2, 0.25) is 0 Å². The molecule has 1 unspecified atom stereocenters. The number of nitrogens with zero attached hydrogens (tertiary/aromatic N) is 1. The van der Waals surface area contributed by atoms with Gasteiger partial charge >= 0.3 is 6.03 Å². The van der Waals surface area contributed by atoms with E-state index in [9.17, 15) is 13.9 Å². The lowest BCUT2D eigenvalue weighted by atomic mass is 10.3. The zero-order valence-corrected chi connectivity index (χ0v) is 13.0. The number of ether oxygens (including phenoxy) is 1. The molecule has 0 aliphatic heterocycles. The lowest BCUT2D eigenvalue weighted by Crippen LogP contribution is -2.38. The zero-order chi connectivity index (χ0) is 16.8. The molecule has 8 heteroatoms. The summed E-state index contributed by atoms with van der Waals surface area (Å²) in [7, 11) is 0. The minimum atomic E-state index is -0.944. The summed E-state index contributed by atoms with van der Waals surface area (Å²) in [6, 6.07) is 8.16. The number of primary amides is 1. The van der Waals surface area contributed by atoms with Crippen LogP contribution in [0.4, 0.5) is 8.68 Å². The van der Waals surface area contributed by atoms with Gasteiger partial charge in [-0.2, -0.15) is 8.95 Å². The molecule has 3 N–H and O–H groups in total. The predicted molar refractivity (Wildman–Crippen MR) is 83.9 cm³/mol. The van der Waals surface area contributed by atoms with Gasteiger partial charge in [-0.25, -0.2) is 4.79 Å². The van der Waals surface area contributed by atoms with E-state index in [-0.39, 0.29) is 18.1 Å². The summed E-state index contributed by atoms with van der Waals surface area (Å²) in [6.45, 7) is 1.59. The summed E-state index contributed by atoms with van der Waals surface area (Å²) >= 11 is 0.156. The zero-order valence-electron chi connectivity index (χ0n) is 12.2. The number of nitrogens with two attached hydrogens (primary N) is 1. The molecule has 0 bridgehead atoms. The van der Waals surface area contributed by atoms with Crippen LogP contribution in [-0.4, -0.2) is 22.3 Å². The fourth-order valence-electron chi connectivity index (χ4n) is 1.67. The summed E-state index contributed by atoms with van der Waals surface area (Å²) in [5.74, 6) is 1.24. The number of benzene rings is 1. The predicted octanol–water partition coefficient (Wildman–Crippen LogP) is 4.22. The van der Waals surface area contributed by atoms with Gasteiger partial charge in [0.15, 0.2) is 0 Å². The Labute approximate surface area is 136 Å². The van der Waals surface area contributed by atoms with Crippen LogP contribution in [0.1, 0.15) is 12.7 Å². The van der Waals surface area contributed by atoms with Crippen molar-refractivity contribution in [3.63, 3.8) is 0 Å². The van der Waals surface area contributed by atoms with E-state index in [1.54, 1.807) is 55.5 Å². The van der Waals surface area contributed by atoms with E-state index in [2.05, 4.69) is 0 Å². The normalized spacial score (nSPS) is 12.3. The molecule has 0 saturated heterocycles. The fraction of sp³-hybridized carbons (Fsp3) is 0.133. The van der Waals surface area contributed by atoms with Gasteiger partial charge in [0.05, 0.1) is 18.2 Å². The van der Waals surface area contributed by atoms with Crippen LogP contribution < -0.4 is 10.5 Å². The number of carbonyl (C=O) groups is 1. The van der Waals surface area contributed by atoms with Crippen molar-refractivity contribution in [3.8, 4) is 11.7 Å². The fourth-order valence-corrected chi connectivity index (χ4v) is 1.91. The van der Waals surface area contributed by atoms with Crippen LogP contribution in [0.5, 0.6) is 11.7 Å². The Morgan fingerprint density at radius 2 is 2.09 bits per heavy atom. The van der Waals surface area contributed by atoms with Gasteiger partial charge in [-0.3, -0.25) is 5.21 Å². The highest BCUT2D eigenvalue weighted by atomic mass is 32.2. The lowest BCUT2D eigenvalue weighted by molar-refractivity contribution is -0.0560. The first-order valence-electron chi connectivity index (χ1n) is 6.61. The van der Waals surface area contributed by atoms with Crippen molar-refractivity contribution in [2.75, 3.05) is 0 Å². The number of furan rings is 1. The van der Waals surface area contributed by atoms with Crippen molar-refractivity contribution < 1.29 is 23.0 Å². The molecule has 6 nitrogen and oxygen atoms in total. The molecule has 0 fully saturated rings. The van der Waals surface area contributed by atoms with Crippen molar-refractivity contribution in [2.24, 2.45) is 5.73 Å². The Bertz CT molecular complexity index is 687. The average Bonchev–Trinajstić information content (AvgIpc) is 3.00. The van der Waals surface area contributed by atoms with Crippen LogP contribution in [0.25, 0.3) is 6.08 Å². The third kappa shape index (κ3) is 4.76. The van der Waals surface area contributed by atoms with Gasteiger partial charge in [-0.15, -0.1) is 0 Å². The second kappa shape index (κ2) is 7.70. The van der Waals surface area contributed by atoms with Crippen LogP contribution in [0.15, 0.2) is 51.8 Å². The number of rotatable bonds is 6. The molecule has 2 amide bonds. The third-order valence-electron chi connectivity index (χ3n) is 2.88. The highest BCUT2D eigenvalue weighted by Gasteiger charge is 2.12. The van der Waals surface area contributed by atoms with Crippen molar-refractivity contribution >= 4 is 24.3 Å². The number of hydrogen-bond donors (Lipinski definition) is 2. The number of hydrogen-bond acceptors (Lipinski definition) is 5. The smallest absolute Gasteiger partial charge is 0.339 e. The lowest BCUT2D eigenvalue weighted by Gasteiger charge is -2.16. The summed E-state index contributed by atoms with van der Waals surface area (Å²) in [4.78, 5) is 11.3. The molecule has 0 aliphatic rings. The van der Waals surface area contributed by atoms with Gasteiger partial charge in [-0.1, -0.05) is 6.08 Å². The summed E-state index contributed by atoms with van der Waals surface area (Å²) in [5, 5.41) is 9.74. The largest absolute Gasteiger partial charge is 0.426 e. The average molecular weight is 338 g/mol. The Morgan fingerprint density at radius 3 is 2.70 bits per heavy atom. The Hall–Kier alpha value is -2.45. The third-order valence-corrected chi connectivity index (χ3v) is 3.33. The molecule has 2 aromatic rings. The number of halogens is 1. The van der Waals surface area contributed by atoms with E-state index < -0.39 is 12.1 Å². The first-order valence-corrected chi connectivity index (χ1v) is 7.33. The molecule has 1 aromatic heterocycles. The molecule has 1 heterocycles. The van der Waals surface area contributed by atoms with Crippen LogP contribution in [0.3, 0.4) is 0 Å². The van der Waals surface area contributed by atoms with Crippen molar-refractivity contribution in [3.05, 3.63) is 48.2 Å². The number of hydroxylamine groups is 2. The van der Waals surface area contributed by atoms with Gasteiger partial charge < -0.3 is 14.9 Å². The van der Waals surface area contributed by atoms with E-state index in [4.69, 9.17) is 14.9 Å². The SMILES string of the molecule is CC(C=Cc1ccc(Oc2ccc(SF)cc2)o1)N(O)C(N)=O. The topological polar surface area (TPSA) is 88.9 Å². The summed E-state index contributed by atoms with van der Waals surface area (Å²) in [5.41, 5.74) is 4.95. The molecule has 2 rings (SSSR count). The molecule has 1 atom stereocenters. The standard InChI is InChI=1S/C15H15FN2O4S/c1-10(18(20)15(17)19)2-3-11-6-9-14(21-11)22-12-4-7-13(23-16)8-5-12/h2-10,20H,1H3,(H2,17,19). The minimum Gasteiger partial charge on any atom is -0.426 e. The van der Waals surface area contributed by atoms with Gasteiger partial charge in [0, 0.05) is 11.0 Å².